The third kappa shape index (κ3) is 3.35. The Hall–Kier alpha value is -3.52. The first-order chi connectivity index (χ1) is 14.7. The van der Waals surface area contributed by atoms with Gasteiger partial charge in [0.15, 0.2) is 11.2 Å². The molecular formula is C22H21N5O3. The lowest BCUT2D eigenvalue weighted by Gasteiger charge is -2.14. The highest BCUT2D eigenvalue weighted by Gasteiger charge is 2.24. The zero-order valence-corrected chi connectivity index (χ0v) is 16.3. The van der Waals surface area contributed by atoms with E-state index in [9.17, 15) is 9.59 Å². The van der Waals surface area contributed by atoms with Gasteiger partial charge in [-0.1, -0.05) is 30.3 Å². The normalized spacial score (nSPS) is 16.3. The summed E-state index contributed by atoms with van der Waals surface area (Å²) < 4.78 is 9.21. The highest BCUT2D eigenvalue weighted by molar-refractivity contribution is 5.77. The second-order valence-corrected chi connectivity index (χ2v) is 7.42. The van der Waals surface area contributed by atoms with Crippen LogP contribution in [0.5, 0.6) is 0 Å². The molecule has 1 aliphatic rings. The van der Waals surface area contributed by atoms with Gasteiger partial charge in [-0.15, -0.1) is 0 Å². The quantitative estimate of drug-likeness (QED) is 0.551. The van der Waals surface area contributed by atoms with Crippen molar-refractivity contribution in [2.24, 2.45) is 0 Å². The number of hydrogen-bond acceptors (Lipinski definition) is 5. The van der Waals surface area contributed by atoms with Gasteiger partial charge in [-0.25, -0.2) is 9.78 Å². The second-order valence-electron chi connectivity index (χ2n) is 7.42. The number of fused-ring (bicyclic) bond motifs is 1. The molecule has 3 aromatic heterocycles. The first kappa shape index (κ1) is 18.5. The molecule has 0 spiro atoms. The number of nitrogens with zero attached hydrogens (tertiary/aromatic N) is 4. The average molecular weight is 403 g/mol. The Balaban J connectivity index is 1.74. The summed E-state index contributed by atoms with van der Waals surface area (Å²) in [6, 6.07) is 13.3. The van der Waals surface area contributed by atoms with Crippen LogP contribution in [0.1, 0.15) is 18.4 Å². The third-order valence-corrected chi connectivity index (χ3v) is 5.42. The summed E-state index contributed by atoms with van der Waals surface area (Å²) in [5, 5.41) is 0. The number of pyridine rings is 1. The Kier molecular flexibility index (Phi) is 4.76. The molecule has 30 heavy (non-hydrogen) atoms. The van der Waals surface area contributed by atoms with Crippen molar-refractivity contribution in [1.29, 1.82) is 0 Å². The fourth-order valence-electron chi connectivity index (χ4n) is 3.98. The third-order valence-electron chi connectivity index (χ3n) is 5.42. The first-order valence-corrected chi connectivity index (χ1v) is 10.00. The smallest absolute Gasteiger partial charge is 0.330 e. The van der Waals surface area contributed by atoms with E-state index in [1.807, 2.05) is 47.0 Å². The van der Waals surface area contributed by atoms with Gasteiger partial charge in [0.05, 0.1) is 19.2 Å². The summed E-state index contributed by atoms with van der Waals surface area (Å²) in [5.41, 5.74) is 1.62. The predicted molar refractivity (Wildman–Crippen MR) is 112 cm³/mol. The van der Waals surface area contributed by atoms with Crippen LogP contribution in [0, 0.1) is 0 Å². The molecule has 1 fully saturated rings. The lowest BCUT2D eigenvalue weighted by molar-refractivity contribution is 0.0982. The van der Waals surface area contributed by atoms with Crippen molar-refractivity contribution in [3.8, 4) is 11.4 Å². The summed E-state index contributed by atoms with van der Waals surface area (Å²) in [7, 11) is 0. The molecule has 8 nitrogen and oxygen atoms in total. The van der Waals surface area contributed by atoms with Gasteiger partial charge in [0.2, 0.25) is 0 Å². The van der Waals surface area contributed by atoms with Crippen LogP contribution in [-0.2, 0) is 17.8 Å². The lowest BCUT2D eigenvalue weighted by Crippen LogP contribution is -2.32. The SMILES string of the molecule is O=c1[nH]c(=O)n(Cc2ccccc2)c2nc(-c3ccncc3)n(C[C@@H]3CCCO3)c12. The Bertz CT molecular complexity index is 1290. The van der Waals surface area contributed by atoms with Crippen molar-refractivity contribution in [3.05, 3.63) is 81.3 Å². The van der Waals surface area contributed by atoms with Gasteiger partial charge in [-0.2, -0.15) is 0 Å². The number of nitrogens with one attached hydrogen (secondary N) is 1. The molecule has 0 bridgehead atoms. The van der Waals surface area contributed by atoms with Crippen molar-refractivity contribution >= 4 is 11.2 Å². The van der Waals surface area contributed by atoms with E-state index in [-0.39, 0.29) is 6.10 Å². The number of H-pyrrole nitrogens is 1. The van der Waals surface area contributed by atoms with Crippen molar-refractivity contribution in [3.63, 3.8) is 0 Å². The molecule has 0 unspecified atom stereocenters. The van der Waals surface area contributed by atoms with Gasteiger partial charge in [0.1, 0.15) is 5.82 Å². The van der Waals surface area contributed by atoms with Crippen molar-refractivity contribution in [1.82, 2.24) is 24.1 Å². The van der Waals surface area contributed by atoms with E-state index in [1.165, 1.54) is 4.57 Å². The lowest BCUT2D eigenvalue weighted by atomic mass is 10.2. The second kappa shape index (κ2) is 7.72. The zero-order chi connectivity index (χ0) is 20.5. The molecule has 1 atom stereocenters. The van der Waals surface area contributed by atoms with Crippen LogP contribution >= 0.6 is 0 Å². The summed E-state index contributed by atoms with van der Waals surface area (Å²) >= 11 is 0. The van der Waals surface area contributed by atoms with Crippen LogP contribution in [0.15, 0.2) is 64.4 Å². The minimum atomic E-state index is -0.473. The molecule has 4 aromatic rings. The van der Waals surface area contributed by atoms with Crippen molar-refractivity contribution in [2.45, 2.75) is 32.0 Å². The Morgan fingerprint density at radius 1 is 1.07 bits per heavy atom. The van der Waals surface area contributed by atoms with Gasteiger partial charge in [0, 0.05) is 24.6 Å². The maximum absolute atomic E-state index is 12.9. The fourth-order valence-corrected chi connectivity index (χ4v) is 3.98. The van der Waals surface area contributed by atoms with Crippen LogP contribution in [0.3, 0.4) is 0 Å². The molecular weight excluding hydrogens is 382 g/mol. The van der Waals surface area contributed by atoms with E-state index < -0.39 is 11.2 Å². The molecule has 4 heterocycles. The van der Waals surface area contributed by atoms with Gasteiger partial charge in [0.25, 0.3) is 5.56 Å². The molecule has 5 rings (SSSR count). The van der Waals surface area contributed by atoms with E-state index in [1.54, 1.807) is 12.4 Å². The van der Waals surface area contributed by atoms with Gasteiger partial charge < -0.3 is 9.30 Å². The molecule has 0 aliphatic carbocycles. The molecule has 8 heteroatoms. The highest BCUT2D eigenvalue weighted by atomic mass is 16.5. The maximum atomic E-state index is 12.9. The summed E-state index contributed by atoms with van der Waals surface area (Å²) in [4.78, 5) is 36.9. The minimum Gasteiger partial charge on any atom is -0.376 e. The fraction of sp³-hybridized carbons (Fsp3) is 0.273. The van der Waals surface area contributed by atoms with Crippen molar-refractivity contribution < 1.29 is 4.74 Å². The Labute approximate surface area is 171 Å². The van der Waals surface area contributed by atoms with Crippen LogP contribution in [0.25, 0.3) is 22.6 Å². The van der Waals surface area contributed by atoms with Crippen LogP contribution in [0.2, 0.25) is 0 Å². The zero-order valence-electron chi connectivity index (χ0n) is 16.3. The summed E-state index contributed by atoms with van der Waals surface area (Å²) in [5.74, 6) is 0.626. The molecule has 1 aromatic carbocycles. The number of aromatic nitrogens is 5. The summed E-state index contributed by atoms with van der Waals surface area (Å²) in [6.45, 7) is 1.54. The maximum Gasteiger partial charge on any atom is 0.330 e. The monoisotopic (exact) mass is 403 g/mol. The largest absolute Gasteiger partial charge is 0.376 e. The standard InChI is InChI=1S/C22H21N5O3/c28-21-18-20(27(22(29)25-21)13-15-5-2-1-3-6-15)24-19(16-8-10-23-11-9-16)26(18)14-17-7-4-12-30-17/h1-3,5-6,8-11,17H,4,7,12-14H2,(H,25,28,29)/t17-/m0/s1. The Morgan fingerprint density at radius 2 is 1.87 bits per heavy atom. The molecule has 0 radical (unpaired) electrons. The van der Waals surface area contributed by atoms with Crippen LogP contribution < -0.4 is 11.2 Å². The molecule has 1 saturated heterocycles. The molecule has 0 saturated carbocycles. The molecule has 0 amide bonds. The number of benzene rings is 1. The number of hydrogen-bond donors (Lipinski definition) is 1. The number of imidazole rings is 1. The number of ether oxygens (including phenoxy) is 1. The predicted octanol–water partition coefficient (Wildman–Crippen LogP) is 2.18. The van der Waals surface area contributed by atoms with Gasteiger partial charge in [-0.3, -0.25) is 19.3 Å². The van der Waals surface area contributed by atoms with E-state index >= 15 is 0 Å². The van der Waals surface area contributed by atoms with E-state index in [2.05, 4.69) is 9.97 Å². The highest BCUT2D eigenvalue weighted by Crippen LogP contribution is 2.25. The summed E-state index contributed by atoms with van der Waals surface area (Å²) in [6.07, 6.45) is 5.31. The average Bonchev–Trinajstić information content (AvgIpc) is 3.41. The Morgan fingerprint density at radius 3 is 2.60 bits per heavy atom. The topological polar surface area (TPSA) is 94.8 Å². The van der Waals surface area contributed by atoms with E-state index in [0.29, 0.717) is 30.1 Å². The van der Waals surface area contributed by atoms with Gasteiger partial charge in [-0.05, 0) is 30.5 Å². The van der Waals surface area contributed by atoms with E-state index in [0.717, 1.165) is 30.6 Å². The minimum absolute atomic E-state index is 0.0110. The number of aromatic amines is 1. The molecule has 1 aliphatic heterocycles. The molecule has 152 valence electrons. The van der Waals surface area contributed by atoms with Crippen molar-refractivity contribution in [2.75, 3.05) is 6.61 Å². The van der Waals surface area contributed by atoms with Gasteiger partial charge >= 0.3 is 5.69 Å². The molecule has 1 N–H and O–H groups in total. The van der Waals surface area contributed by atoms with E-state index in [4.69, 9.17) is 9.72 Å². The van der Waals surface area contributed by atoms with Crippen LogP contribution in [0.4, 0.5) is 0 Å². The first-order valence-electron chi connectivity index (χ1n) is 10.00. The number of rotatable bonds is 5. The van der Waals surface area contributed by atoms with Crippen LogP contribution in [-0.4, -0.2) is 36.8 Å².